The van der Waals surface area contributed by atoms with E-state index < -0.39 is 0 Å². The quantitative estimate of drug-likeness (QED) is 0.693. The average Bonchev–Trinajstić information content (AvgIpc) is 3.21. The van der Waals surface area contributed by atoms with Crippen LogP contribution in [-0.4, -0.2) is 32.7 Å². The predicted octanol–water partition coefficient (Wildman–Crippen LogP) is 2.82. The molecule has 0 atom stereocenters. The van der Waals surface area contributed by atoms with Gasteiger partial charge in [0.2, 0.25) is 5.95 Å². The van der Waals surface area contributed by atoms with Gasteiger partial charge in [0.15, 0.2) is 5.65 Å². The standard InChI is InChI=1S/C15H17N5S/c1-2-7-19(8-3-1)15-18-14-12(13-16-9-17-20(13)15)10-5-4-6-11(10)21-14/h9H,1-8H2. The van der Waals surface area contributed by atoms with Crippen molar-refractivity contribution in [2.24, 2.45) is 0 Å². The number of anilines is 1. The van der Waals surface area contributed by atoms with Crippen molar-refractivity contribution in [3.63, 3.8) is 0 Å². The molecule has 3 aromatic rings. The summed E-state index contributed by atoms with van der Waals surface area (Å²) in [5.74, 6) is 0.981. The fourth-order valence-electron chi connectivity index (χ4n) is 3.69. The number of hydrogen-bond donors (Lipinski definition) is 0. The van der Waals surface area contributed by atoms with E-state index in [1.807, 2.05) is 15.9 Å². The molecule has 0 unspecified atom stereocenters. The van der Waals surface area contributed by atoms with Crippen molar-refractivity contribution in [3.8, 4) is 0 Å². The molecular formula is C15H17N5S. The van der Waals surface area contributed by atoms with Gasteiger partial charge in [0.05, 0.1) is 5.39 Å². The maximum absolute atomic E-state index is 4.97. The van der Waals surface area contributed by atoms with Gasteiger partial charge in [-0.3, -0.25) is 0 Å². The van der Waals surface area contributed by atoms with Gasteiger partial charge in [-0.2, -0.15) is 9.61 Å². The number of piperidine rings is 1. The second-order valence-corrected chi connectivity index (χ2v) is 7.08. The molecule has 1 saturated heterocycles. The molecule has 4 heterocycles. The molecule has 5 rings (SSSR count). The minimum Gasteiger partial charge on any atom is -0.341 e. The fraction of sp³-hybridized carbons (Fsp3) is 0.533. The molecule has 0 bridgehead atoms. The minimum absolute atomic E-state index is 0.981. The van der Waals surface area contributed by atoms with E-state index in [1.165, 1.54) is 54.4 Å². The predicted molar refractivity (Wildman–Crippen MR) is 84.3 cm³/mol. The molecule has 1 fully saturated rings. The Morgan fingerprint density at radius 2 is 1.95 bits per heavy atom. The largest absolute Gasteiger partial charge is 0.341 e. The van der Waals surface area contributed by atoms with E-state index in [0.717, 1.165) is 29.5 Å². The summed E-state index contributed by atoms with van der Waals surface area (Å²) >= 11 is 1.86. The van der Waals surface area contributed by atoms with Gasteiger partial charge in [-0.25, -0.2) is 9.97 Å². The van der Waals surface area contributed by atoms with Crippen LogP contribution in [0.2, 0.25) is 0 Å². The minimum atomic E-state index is 0.981. The summed E-state index contributed by atoms with van der Waals surface area (Å²) in [6.07, 6.45) is 9.13. The van der Waals surface area contributed by atoms with Gasteiger partial charge in [-0.1, -0.05) is 0 Å². The first-order chi connectivity index (χ1) is 10.4. The van der Waals surface area contributed by atoms with Crippen molar-refractivity contribution in [2.45, 2.75) is 38.5 Å². The van der Waals surface area contributed by atoms with Crippen LogP contribution in [0.4, 0.5) is 5.95 Å². The van der Waals surface area contributed by atoms with E-state index in [2.05, 4.69) is 15.0 Å². The number of rotatable bonds is 1. The van der Waals surface area contributed by atoms with Crippen LogP contribution in [0.3, 0.4) is 0 Å². The molecule has 1 aliphatic carbocycles. The molecule has 6 heteroatoms. The molecule has 3 aromatic heterocycles. The van der Waals surface area contributed by atoms with E-state index in [1.54, 1.807) is 6.33 Å². The Hall–Kier alpha value is -1.69. The average molecular weight is 299 g/mol. The molecule has 0 amide bonds. The number of fused-ring (bicyclic) bond motifs is 5. The van der Waals surface area contributed by atoms with Crippen LogP contribution in [0, 0.1) is 0 Å². The van der Waals surface area contributed by atoms with E-state index in [-0.39, 0.29) is 0 Å². The summed E-state index contributed by atoms with van der Waals surface area (Å²) in [6, 6.07) is 0. The smallest absolute Gasteiger partial charge is 0.229 e. The van der Waals surface area contributed by atoms with Crippen LogP contribution in [-0.2, 0) is 12.8 Å². The summed E-state index contributed by atoms with van der Waals surface area (Å²) in [6.45, 7) is 2.16. The van der Waals surface area contributed by atoms with Gasteiger partial charge in [0.25, 0.3) is 0 Å². The first-order valence-corrected chi connectivity index (χ1v) is 8.62. The Bertz CT molecular complexity index is 827. The Balaban J connectivity index is 1.80. The Morgan fingerprint density at radius 1 is 1.05 bits per heavy atom. The second-order valence-electron chi connectivity index (χ2n) is 5.99. The lowest BCUT2D eigenvalue weighted by molar-refractivity contribution is 0.563. The molecular weight excluding hydrogens is 282 g/mol. The third-order valence-electron chi connectivity index (χ3n) is 4.70. The van der Waals surface area contributed by atoms with Crippen LogP contribution in [0.25, 0.3) is 15.9 Å². The van der Waals surface area contributed by atoms with Crippen LogP contribution >= 0.6 is 11.3 Å². The molecule has 1 aliphatic heterocycles. The van der Waals surface area contributed by atoms with Gasteiger partial charge >= 0.3 is 0 Å². The molecule has 0 saturated carbocycles. The van der Waals surface area contributed by atoms with Crippen LogP contribution in [0.5, 0.6) is 0 Å². The Morgan fingerprint density at radius 3 is 2.86 bits per heavy atom. The number of aryl methyl sites for hydroxylation is 2. The molecule has 0 aromatic carbocycles. The van der Waals surface area contributed by atoms with Gasteiger partial charge < -0.3 is 4.90 Å². The third-order valence-corrected chi connectivity index (χ3v) is 5.89. The van der Waals surface area contributed by atoms with Crippen molar-refractivity contribution in [3.05, 3.63) is 16.8 Å². The molecule has 0 spiro atoms. The van der Waals surface area contributed by atoms with E-state index >= 15 is 0 Å². The maximum atomic E-state index is 4.97. The van der Waals surface area contributed by atoms with Crippen molar-refractivity contribution >= 4 is 33.1 Å². The lowest BCUT2D eigenvalue weighted by atomic mass is 10.1. The zero-order valence-electron chi connectivity index (χ0n) is 11.9. The Labute approximate surface area is 126 Å². The summed E-state index contributed by atoms with van der Waals surface area (Å²) in [7, 11) is 0. The molecule has 0 radical (unpaired) electrons. The topological polar surface area (TPSA) is 46.3 Å². The zero-order valence-corrected chi connectivity index (χ0v) is 12.7. The molecule has 0 N–H and O–H groups in total. The molecule has 21 heavy (non-hydrogen) atoms. The second kappa shape index (κ2) is 4.40. The van der Waals surface area contributed by atoms with Crippen molar-refractivity contribution in [1.29, 1.82) is 0 Å². The van der Waals surface area contributed by atoms with Crippen molar-refractivity contribution in [1.82, 2.24) is 19.6 Å². The van der Waals surface area contributed by atoms with Gasteiger partial charge in [0.1, 0.15) is 11.2 Å². The van der Waals surface area contributed by atoms with Crippen molar-refractivity contribution < 1.29 is 0 Å². The number of nitrogens with zero attached hydrogens (tertiary/aromatic N) is 5. The lowest BCUT2D eigenvalue weighted by Gasteiger charge is -2.27. The maximum Gasteiger partial charge on any atom is 0.229 e. The van der Waals surface area contributed by atoms with E-state index in [0.29, 0.717) is 0 Å². The normalized spacial score (nSPS) is 18.8. The fourth-order valence-corrected chi connectivity index (χ4v) is 4.95. The summed E-state index contributed by atoms with van der Waals surface area (Å²) in [5.41, 5.74) is 2.48. The van der Waals surface area contributed by atoms with Gasteiger partial charge in [-0.05, 0) is 44.1 Å². The monoisotopic (exact) mass is 299 g/mol. The van der Waals surface area contributed by atoms with Gasteiger partial charge in [-0.15, -0.1) is 11.3 Å². The SMILES string of the molecule is c1nc2c3c4c(sc3nc(N3CCCCC3)n2n1)CCC4. The summed E-state index contributed by atoms with van der Waals surface area (Å²) in [4.78, 5) is 14.5. The molecule has 108 valence electrons. The van der Waals surface area contributed by atoms with Crippen LogP contribution in [0.1, 0.15) is 36.1 Å². The van der Waals surface area contributed by atoms with Crippen LogP contribution < -0.4 is 4.90 Å². The number of aromatic nitrogens is 4. The molecule has 5 nitrogen and oxygen atoms in total. The van der Waals surface area contributed by atoms with E-state index in [4.69, 9.17) is 4.98 Å². The highest BCUT2D eigenvalue weighted by atomic mass is 32.1. The zero-order chi connectivity index (χ0) is 13.8. The third kappa shape index (κ3) is 1.65. The van der Waals surface area contributed by atoms with Crippen molar-refractivity contribution in [2.75, 3.05) is 18.0 Å². The highest BCUT2D eigenvalue weighted by Gasteiger charge is 2.24. The summed E-state index contributed by atoms with van der Waals surface area (Å²) < 4.78 is 1.96. The Kier molecular flexibility index (Phi) is 2.50. The van der Waals surface area contributed by atoms with Gasteiger partial charge in [0, 0.05) is 18.0 Å². The highest BCUT2D eigenvalue weighted by Crippen LogP contribution is 2.39. The first kappa shape index (κ1) is 11.9. The van der Waals surface area contributed by atoms with E-state index in [9.17, 15) is 0 Å². The van der Waals surface area contributed by atoms with Crippen LogP contribution in [0.15, 0.2) is 6.33 Å². The molecule has 2 aliphatic rings. The summed E-state index contributed by atoms with van der Waals surface area (Å²) in [5, 5.41) is 5.71. The first-order valence-electron chi connectivity index (χ1n) is 7.81. The lowest BCUT2D eigenvalue weighted by Crippen LogP contribution is -2.32. The number of hydrogen-bond acceptors (Lipinski definition) is 5. The highest BCUT2D eigenvalue weighted by molar-refractivity contribution is 7.19. The number of thiophene rings is 1.